The first-order chi connectivity index (χ1) is 11.8. The maximum Gasteiger partial charge on any atom is 0.416 e. The molecular weight excluding hydrogens is 335 g/mol. The van der Waals surface area contributed by atoms with Crippen molar-refractivity contribution in [3.05, 3.63) is 69.8 Å². The zero-order valence-electron chi connectivity index (χ0n) is 13.4. The molecule has 0 saturated heterocycles. The summed E-state index contributed by atoms with van der Waals surface area (Å²) in [4.78, 5) is 10.1. The third-order valence-corrected chi connectivity index (χ3v) is 3.51. The molecule has 0 radical (unpaired) electrons. The van der Waals surface area contributed by atoms with Gasteiger partial charge in [-0.2, -0.15) is 18.3 Å². The largest absolute Gasteiger partial charge is 0.416 e. The fourth-order valence-corrected chi connectivity index (χ4v) is 2.14. The molecule has 0 atom stereocenters. The lowest BCUT2D eigenvalue weighted by molar-refractivity contribution is -0.384. The van der Waals surface area contributed by atoms with Crippen LogP contribution in [0.15, 0.2) is 53.6 Å². The number of hydrogen-bond donors (Lipinski definition) is 1. The van der Waals surface area contributed by atoms with Crippen molar-refractivity contribution < 1.29 is 18.1 Å². The van der Waals surface area contributed by atoms with Crippen molar-refractivity contribution in [3.63, 3.8) is 0 Å². The summed E-state index contributed by atoms with van der Waals surface area (Å²) in [5, 5.41) is 15.0. The van der Waals surface area contributed by atoms with Gasteiger partial charge in [-0.15, -0.1) is 0 Å². The smallest absolute Gasteiger partial charge is 0.272 e. The number of nitro benzene ring substituents is 1. The summed E-state index contributed by atoms with van der Waals surface area (Å²) < 4.78 is 38.0. The number of aryl methyl sites for hydroxylation is 1. The highest BCUT2D eigenvalue weighted by atomic mass is 19.4. The molecule has 0 bridgehead atoms. The molecule has 2 rings (SSSR count). The van der Waals surface area contributed by atoms with E-state index in [2.05, 4.69) is 10.5 Å². The SMILES string of the molecule is C/C(CCc1ccccc1)=N/Nc1ccc(C(F)(F)F)cc1[N+](=O)[O-]. The molecule has 0 spiro atoms. The van der Waals surface area contributed by atoms with E-state index in [1.807, 2.05) is 30.3 Å². The van der Waals surface area contributed by atoms with Gasteiger partial charge in [-0.3, -0.25) is 15.5 Å². The van der Waals surface area contributed by atoms with Crippen LogP contribution in [0.5, 0.6) is 0 Å². The predicted molar refractivity (Wildman–Crippen MR) is 89.6 cm³/mol. The fraction of sp³-hybridized carbons (Fsp3) is 0.235. The Balaban J connectivity index is 2.09. The number of benzene rings is 2. The van der Waals surface area contributed by atoms with E-state index >= 15 is 0 Å². The Morgan fingerprint density at radius 2 is 1.88 bits per heavy atom. The van der Waals surface area contributed by atoms with Gasteiger partial charge in [-0.25, -0.2) is 0 Å². The molecule has 0 unspecified atom stereocenters. The zero-order valence-corrected chi connectivity index (χ0v) is 13.4. The average Bonchev–Trinajstić information content (AvgIpc) is 2.58. The lowest BCUT2D eigenvalue weighted by Gasteiger charge is -2.09. The minimum Gasteiger partial charge on any atom is -0.272 e. The number of hydrogen-bond acceptors (Lipinski definition) is 4. The van der Waals surface area contributed by atoms with Gasteiger partial charge in [0.15, 0.2) is 0 Å². The van der Waals surface area contributed by atoms with Gasteiger partial charge >= 0.3 is 6.18 Å². The van der Waals surface area contributed by atoms with Gasteiger partial charge in [0, 0.05) is 11.8 Å². The molecule has 0 aliphatic rings. The van der Waals surface area contributed by atoms with Crippen LogP contribution in [-0.4, -0.2) is 10.6 Å². The van der Waals surface area contributed by atoms with Gasteiger partial charge in [-0.05, 0) is 37.5 Å². The molecule has 0 saturated carbocycles. The highest BCUT2D eigenvalue weighted by Gasteiger charge is 2.33. The summed E-state index contributed by atoms with van der Waals surface area (Å²) in [5.41, 5.74) is 2.46. The molecule has 1 N–H and O–H groups in total. The van der Waals surface area contributed by atoms with Crippen LogP contribution in [-0.2, 0) is 12.6 Å². The molecule has 25 heavy (non-hydrogen) atoms. The summed E-state index contributed by atoms with van der Waals surface area (Å²) in [7, 11) is 0. The van der Waals surface area contributed by atoms with E-state index in [0.717, 1.165) is 24.1 Å². The minimum absolute atomic E-state index is 0.0861. The first-order valence-electron chi connectivity index (χ1n) is 7.46. The molecule has 132 valence electrons. The first kappa shape index (κ1) is 18.4. The van der Waals surface area contributed by atoms with E-state index in [9.17, 15) is 23.3 Å². The monoisotopic (exact) mass is 351 g/mol. The summed E-state index contributed by atoms with van der Waals surface area (Å²) in [5.74, 6) is 0. The second-order valence-electron chi connectivity index (χ2n) is 5.43. The van der Waals surface area contributed by atoms with Crippen LogP contribution in [0.25, 0.3) is 0 Å². The number of rotatable bonds is 6. The average molecular weight is 351 g/mol. The van der Waals surface area contributed by atoms with Crippen molar-refractivity contribution >= 4 is 17.1 Å². The molecule has 0 aliphatic heterocycles. The van der Waals surface area contributed by atoms with Crippen LogP contribution in [0, 0.1) is 10.1 Å². The Morgan fingerprint density at radius 3 is 2.48 bits per heavy atom. The molecule has 0 fully saturated rings. The van der Waals surface area contributed by atoms with Gasteiger partial charge in [0.25, 0.3) is 5.69 Å². The van der Waals surface area contributed by atoms with Crippen LogP contribution in [0.4, 0.5) is 24.5 Å². The Bertz CT molecular complexity index is 774. The van der Waals surface area contributed by atoms with Gasteiger partial charge in [-0.1, -0.05) is 30.3 Å². The van der Waals surface area contributed by atoms with Crippen molar-refractivity contribution in [2.45, 2.75) is 25.9 Å². The number of alkyl halides is 3. The predicted octanol–water partition coefficient (Wildman–Crippen LogP) is 5.03. The third-order valence-electron chi connectivity index (χ3n) is 3.51. The van der Waals surface area contributed by atoms with E-state index < -0.39 is 22.4 Å². The highest BCUT2D eigenvalue weighted by Crippen LogP contribution is 2.34. The van der Waals surface area contributed by atoms with E-state index in [0.29, 0.717) is 18.2 Å². The molecule has 5 nitrogen and oxygen atoms in total. The maximum atomic E-state index is 12.7. The number of nitrogens with one attached hydrogen (secondary N) is 1. The zero-order chi connectivity index (χ0) is 18.4. The number of hydrazone groups is 1. The van der Waals surface area contributed by atoms with E-state index in [-0.39, 0.29) is 5.69 Å². The quantitative estimate of drug-likeness (QED) is 0.451. The van der Waals surface area contributed by atoms with Crippen LogP contribution in [0.1, 0.15) is 24.5 Å². The van der Waals surface area contributed by atoms with Gasteiger partial charge in [0.2, 0.25) is 0 Å². The molecule has 0 aliphatic carbocycles. The molecule has 0 aromatic heterocycles. The second kappa shape index (κ2) is 7.78. The third kappa shape index (κ3) is 5.30. The van der Waals surface area contributed by atoms with Gasteiger partial charge in [0.1, 0.15) is 5.69 Å². The Labute approximate surface area is 142 Å². The normalized spacial score (nSPS) is 12.1. The molecule has 2 aromatic rings. The number of anilines is 1. The van der Waals surface area contributed by atoms with Crippen LogP contribution < -0.4 is 5.43 Å². The summed E-state index contributed by atoms with van der Waals surface area (Å²) in [6.07, 6.45) is -3.28. The lowest BCUT2D eigenvalue weighted by Crippen LogP contribution is -2.07. The Kier molecular flexibility index (Phi) is 5.74. The second-order valence-corrected chi connectivity index (χ2v) is 5.43. The van der Waals surface area contributed by atoms with Crippen molar-refractivity contribution in [3.8, 4) is 0 Å². The summed E-state index contributed by atoms with van der Waals surface area (Å²) in [6.45, 7) is 1.74. The Morgan fingerprint density at radius 1 is 1.20 bits per heavy atom. The van der Waals surface area contributed by atoms with Crippen molar-refractivity contribution in [1.29, 1.82) is 0 Å². The highest BCUT2D eigenvalue weighted by molar-refractivity contribution is 5.83. The molecule has 8 heteroatoms. The maximum absolute atomic E-state index is 12.7. The first-order valence-corrected chi connectivity index (χ1v) is 7.46. The lowest BCUT2D eigenvalue weighted by atomic mass is 10.1. The molecular formula is C17H16F3N3O2. The summed E-state index contributed by atoms with van der Waals surface area (Å²) in [6, 6.07) is 12.0. The van der Waals surface area contributed by atoms with Gasteiger partial charge in [0.05, 0.1) is 10.5 Å². The standard InChI is InChI=1S/C17H16F3N3O2/c1-12(7-8-13-5-3-2-4-6-13)21-22-15-10-9-14(17(18,19)20)11-16(15)23(24)25/h2-6,9-11,22H,7-8H2,1H3/b21-12-. The van der Waals surface area contributed by atoms with Crippen molar-refractivity contribution in [1.82, 2.24) is 0 Å². The minimum atomic E-state index is -4.64. The van der Waals surface area contributed by atoms with Gasteiger partial charge < -0.3 is 0 Å². The number of nitro groups is 1. The molecule has 0 amide bonds. The number of nitrogens with zero attached hydrogens (tertiary/aromatic N) is 2. The fourth-order valence-electron chi connectivity index (χ4n) is 2.14. The van der Waals surface area contributed by atoms with E-state index in [1.54, 1.807) is 6.92 Å². The topological polar surface area (TPSA) is 67.5 Å². The van der Waals surface area contributed by atoms with Crippen molar-refractivity contribution in [2.24, 2.45) is 5.10 Å². The van der Waals surface area contributed by atoms with Crippen molar-refractivity contribution in [2.75, 3.05) is 5.43 Å². The molecule has 0 heterocycles. The summed E-state index contributed by atoms with van der Waals surface area (Å²) >= 11 is 0. The van der Waals surface area contributed by atoms with Crippen LogP contribution in [0.2, 0.25) is 0 Å². The van der Waals surface area contributed by atoms with E-state index in [1.165, 1.54) is 0 Å². The van der Waals surface area contributed by atoms with Crippen LogP contribution in [0.3, 0.4) is 0 Å². The number of halogens is 3. The van der Waals surface area contributed by atoms with Crippen LogP contribution >= 0.6 is 0 Å². The molecule has 2 aromatic carbocycles. The Hall–Kier alpha value is -2.90. The van der Waals surface area contributed by atoms with E-state index in [4.69, 9.17) is 0 Å².